The second kappa shape index (κ2) is 5.97. The second-order valence-corrected chi connectivity index (χ2v) is 3.27. The Bertz CT molecular complexity index is 374. The molecule has 1 aromatic heterocycles. The molecule has 0 radical (unpaired) electrons. The Hall–Kier alpha value is -1.15. The molecule has 0 aliphatic heterocycles. The van der Waals surface area contributed by atoms with Crippen molar-refractivity contribution < 1.29 is 22.3 Å². The van der Waals surface area contributed by atoms with Crippen molar-refractivity contribution in [2.75, 3.05) is 25.1 Å². The first-order chi connectivity index (χ1) is 7.88. The maximum atomic E-state index is 13.0. The van der Waals surface area contributed by atoms with E-state index in [1.54, 1.807) is 0 Å². The van der Waals surface area contributed by atoms with Crippen LogP contribution in [0.15, 0.2) is 6.20 Å². The van der Waals surface area contributed by atoms with Gasteiger partial charge in [0.05, 0.1) is 12.8 Å². The smallest absolute Gasteiger partial charge is 0.370 e. The van der Waals surface area contributed by atoms with Gasteiger partial charge in [0.15, 0.2) is 11.6 Å². The SMILES string of the molecule is Fc1cnc(Cl)nc1NCCOCC(F)(F)F. The van der Waals surface area contributed by atoms with Crippen molar-refractivity contribution in [3.05, 3.63) is 17.3 Å². The van der Waals surface area contributed by atoms with Crippen LogP contribution >= 0.6 is 11.6 Å². The average Bonchev–Trinajstić information content (AvgIpc) is 2.21. The summed E-state index contributed by atoms with van der Waals surface area (Å²) in [4.78, 5) is 6.88. The fraction of sp³-hybridized carbons (Fsp3) is 0.500. The number of halogens is 5. The first-order valence-corrected chi connectivity index (χ1v) is 4.83. The monoisotopic (exact) mass is 273 g/mol. The first-order valence-electron chi connectivity index (χ1n) is 4.45. The Morgan fingerprint density at radius 2 is 2.12 bits per heavy atom. The van der Waals surface area contributed by atoms with Crippen LogP contribution in [-0.4, -0.2) is 35.9 Å². The van der Waals surface area contributed by atoms with E-state index in [0.717, 1.165) is 6.20 Å². The van der Waals surface area contributed by atoms with Gasteiger partial charge in [-0.2, -0.15) is 18.2 Å². The molecule has 0 aliphatic rings. The summed E-state index contributed by atoms with van der Waals surface area (Å²) < 4.78 is 52.3. The Morgan fingerprint density at radius 3 is 2.76 bits per heavy atom. The molecule has 96 valence electrons. The molecule has 0 saturated carbocycles. The highest BCUT2D eigenvalue weighted by Crippen LogP contribution is 2.14. The lowest BCUT2D eigenvalue weighted by Crippen LogP contribution is -2.20. The minimum Gasteiger partial charge on any atom is -0.370 e. The van der Waals surface area contributed by atoms with Crippen molar-refractivity contribution in [1.29, 1.82) is 0 Å². The lowest BCUT2D eigenvalue weighted by molar-refractivity contribution is -0.172. The molecule has 1 rings (SSSR count). The van der Waals surface area contributed by atoms with E-state index >= 15 is 0 Å². The van der Waals surface area contributed by atoms with Crippen LogP contribution in [0.5, 0.6) is 0 Å². The van der Waals surface area contributed by atoms with Crippen molar-refractivity contribution in [3.63, 3.8) is 0 Å². The number of nitrogens with one attached hydrogen (secondary N) is 1. The summed E-state index contributed by atoms with van der Waals surface area (Å²) in [7, 11) is 0. The maximum Gasteiger partial charge on any atom is 0.411 e. The van der Waals surface area contributed by atoms with E-state index in [0.29, 0.717) is 0 Å². The predicted octanol–water partition coefficient (Wildman–Crippen LogP) is 2.26. The molecule has 0 atom stereocenters. The summed E-state index contributed by atoms with van der Waals surface area (Å²) in [6, 6.07) is 0. The fourth-order valence-electron chi connectivity index (χ4n) is 0.899. The highest BCUT2D eigenvalue weighted by atomic mass is 35.5. The van der Waals surface area contributed by atoms with Crippen LogP contribution in [0.3, 0.4) is 0 Å². The Kier molecular flexibility index (Phi) is 4.88. The number of hydrogen-bond donors (Lipinski definition) is 1. The molecular weight excluding hydrogens is 266 g/mol. The van der Waals surface area contributed by atoms with Crippen LogP contribution in [0.25, 0.3) is 0 Å². The number of ether oxygens (including phenoxy) is 1. The van der Waals surface area contributed by atoms with E-state index in [1.165, 1.54) is 0 Å². The fourth-order valence-corrected chi connectivity index (χ4v) is 1.03. The molecule has 0 saturated heterocycles. The molecule has 0 amide bonds. The Morgan fingerprint density at radius 1 is 1.41 bits per heavy atom. The molecule has 0 aliphatic carbocycles. The molecule has 0 aromatic carbocycles. The lowest BCUT2D eigenvalue weighted by atomic mass is 10.5. The van der Waals surface area contributed by atoms with Crippen molar-refractivity contribution >= 4 is 17.4 Å². The zero-order valence-corrected chi connectivity index (χ0v) is 9.15. The van der Waals surface area contributed by atoms with Gasteiger partial charge in [-0.05, 0) is 11.6 Å². The average molecular weight is 274 g/mol. The summed E-state index contributed by atoms with van der Waals surface area (Å²) in [5.41, 5.74) is 0. The number of anilines is 1. The molecule has 0 fully saturated rings. The van der Waals surface area contributed by atoms with Gasteiger partial charge in [-0.1, -0.05) is 0 Å². The number of nitrogens with zero attached hydrogens (tertiary/aromatic N) is 2. The van der Waals surface area contributed by atoms with Crippen LogP contribution in [0.4, 0.5) is 23.4 Å². The summed E-state index contributed by atoms with van der Waals surface area (Å²) >= 11 is 5.41. The Balaban J connectivity index is 2.29. The Labute approximate surface area is 99.0 Å². The van der Waals surface area contributed by atoms with E-state index in [4.69, 9.17) is 11.6 Å². The van der Waals surface area contributed by atoms with Gasteiger partial charge in [-0.3, -0.25) is 0 Å². The summed E-state index contributed by atoms with van der Waals surface area (Å²) in [5, 5.41) is 2.28. The molecule has 0 spiro atoms. The van der Waals surface area contributed by atoms with E-state index in [9.17, 15) is 17.6 Å². The largest absolute Gasteiger partial charge is 0.411 e. The molecule has 0 bridgehead atoms. The van der Waals surface area contributed by atoms with E-state index in [1.807, 2.05) is 0 Å². The number of hydrogen-bond acceptors (Lipinski definition) is 4. The molecule has 9 heteroatoms. The van der Waals surface area contributed by atoms with Crippen molar-refractivity contribution in [2.24, 2.45) is 0 Å². The van der Waals surface area contributed by atoms with Crippen LogP contribution < -0.4 is 5.32 Å². The normalized spacial score (nSPS) is 11.6. The topological polar surface area (TPSA) is 47.0 Å². The zero-order chi connectivity index (χ0) is 12.9. The first kappa shape index (κ1) is 13.9. The summed E-state index contributed by atoms with van der Waals surface area (Å²) in [5.74, 6) is -0.925. The van der Waals surface area contributed by atoms with Crippen molar-refractivity contribution in [1.82, 2.24) is 9.97 Å². The van der Waals surface area contributed by atoms with Gasteiger partial charge < -0.3 is 10.1 Å². The summed E-state index contributed by atoms with van der Waals surface area (Å²) in [6.07, 6.45) is -3.52. The molecule has 1 heterocycles. The quantitative estimate of drug-likeness (QED) is 0.508. The van der Waals surface area contributed by atoms with Crippen LogP contribution in [0, 0.1) is 5.82 Å². The van der Waals surface area contributed by atoms with Crippen LogP contribution in [-0.2, 0) is 4.74 Å². The lowest BCUT2D eigenvalue weighted by Gasteiger charge is -2.09. The van der Waals surface area contributed by atoms with Crippen LogP contribution in [0.1, 0.15) is 0 Å². The van der Waals surface area contributed by atoms with Crippen molar-refractivity contribution in [2.45, 2.75) is 6.18 Å². The molecule has 17 heavy (non-hydrogen) atoms. The highest BCUT2D eigenvalue weighted by Gasteiger charge is 2.27. The van der Waals surface area contributed by atoms with Gasteiger partial charge in [-0.25, -0.2) is 9.37 Å². The third kappa shape index (κ3) is 5.64. The second-order valence-electron chi connectivity index (χ2n) is 2.93. The minimum absolute atomic E-state index is 0.0274. The van der Waals surface area contributed by atoms with Crippen LogP contribution in [0.2, 0.25) is 5.28 Å². The standard InChI is InChI=1S/C8H8ClF4N3O/c9-7-15-3-5(10)6(16-7)14-1-2-17-4-8(11,12)13/h3H,1-2,4H2,(H,14,15,16). The van der Waals surface area contributed by atoms with Gasteiger partial charge in [0.25, 0.3) is 0 Å². The molecule has 1 aromatic rings. The van der Waals surface area contributed by atoms with E-state index < -0.39 is 18.6 Å². The number of alkyl halides is 3. The minimum atomic E-state index is -4.37. The highest BCUT2D eigenvalue weighted by molar-refractivity contribution is 6.28. The van der Waals surface area contributed by atoms with Gasteiger partial charge in [0.2, 0.25) is 5.28 Å². The number of aromatic nitrogens is 2. The van der Waals surface area contributed by atoms with Crippen molar-refractivity contribution in [3.8, 4) is 0 Å². The van der Waals surface area contributed by atoms with Gasteiger partial charge in [0, 0.05) is 6.54 Å². The van der Waals surface area contributed by atoms with Gasteiger partial charge in [-0.15, -0.1) is 0 Å². The van der Waals surface area contributed by atoms with Gasteiger partial charge in [0.1, 0.15) is 6.61 Å². The number of rotatable bonds is 5. The third-order valence-corrected chi connectivity index (χ3v) is 1.70. The molecule has 1 N–H and O–H groups in total. The molecular formula is C8H8ClF4N3O. The third-order valence-electron chi connectivity index (χ3n) is 1.52. The summed E-state index contributed by atoms with van der Waals surface area (Å²) in [6.45, 7) is -1.61. The predicted molar refractivity (Wildman–Crippen MR) is 52.4 cm³/mol. The maximum absolute atomic E-state index is 13.0. The van der Waals surface area contributed by atoms with E-state index in [2.05, 4.69) is 20.0 Å². The molecule has 0 unspecified atom stereocenters. The zero-order valence-electron chi connectivity index (χ0n) is 8.39. The molecule has 4 nitrogen and oxygen atoms in total. The van der Waals surface area contributed by atoms with Gasteiger partial charge >= 0.3 is 6.18 Å². The van der Waals surface area contributed by atoms with E-state index in [-0.39, 0.29) is 24.3 Å².